The van der Waals surface area contributed by atoms with Crippen molar-refractivity contribution in [1.29, 1.82) is 0 Å². The quantitative estimate of drug-likeness (QED) is 0.774. The molecule has 0 aliphatic rings. The lowest BCUT2D eigenvalue weighted by Crippen LogP contribution is -1.97. The normalized spacial score (nSPS) is 10.3. The maximum Gasteiger partial charge on any atom is 0.181 e. The van der Waals surface area contributed by atoms with Crippen LogP contribution >= 0.6 is 0 Å². The molecule has 0 saturated heterocycles. The van der Waals surface area contributed by atoms with Gasteiger partial charge < -0.3 is 4.74 Å². The summed E-state index contributed by atoms with van der Waals surface area (Å²) in [5.74, 6) is 2.15. The standard InChI is InChI=1S/C14H12N4O/c1-2-4-12(5-3-1)19-10-13-16-14(18-17-13)11-6-8-15-9-7-11/h1-9H,10H2,(H,16,17,18). The van der Waals surface area contributed by atoms with Crippen LogP contribution < -0.4 is 4.74 Å². The third kappa shape index (κ3) is 2.77. The van der Waals surface area contributed by atoms with Crippen LogP contribution in [0, 0.1) is 0 Å². The van der Waals surface area contributed by atoms with Gasteiger partial charge in [-0.25, -0.2) is 4.98 Å². The summed E-state index contributed by atoms with van der Waals surface area (Å²) >= 11 is 0. The molecule has 0 atom stereocenters. The molecule has 1 N–H and O–H groups in total. The molecule has 5 nitrogen and oxygen atoms in total. The van der Waals surface area contributed by atoms with E-state index in [9.17, 15) is 0 Å². The third-order valence-electron chi connectivity index (χ3n) is 2.59. The smallest absolute Gasteiger partial charge is 0.181 e. The van der Waals surface area contributed by atoms with Crippen molar-refractivity contribution in [2.45, 2.75) is 6.61 Å². The molecule has 0 bridgehead atoms. The number of hydrogen-bond acceptors (Lipinski definition) is 4. The number of pyridine rings is 1. The number of nitrogens with zero attached hydrogens (tertiary/aromatic N) is 3. The van der Waals surface area contributed by atoms with Crippen molar-refractivity contribution in [2.24, 2.45) is 0 Å². The first-order valence-electron chi connectivity index (χ1n) is 5.91. The Morgan fingerprint density at radius 3 is 2.58 bits per heavy atom. The molecule has 0 amide bonds. The Labute approximate surface area is 110 Å². The van der Waals surface area contributed by atoms with Crippen LogP contribution in [0.1, 0.15) is 5.82 Å². The summed E-state index contributed by atoms with van der Waals surface area (Å²) in [6.07, 6.45) is 3.43. The Hall–Kier alpha value is -2.69. The molecule has 3 rings (SSSR count). The fourth-order valence-electron chi connectivity index (χ4n) is 1.66. The summed E-state index contributed by atoms with van der Waals surface area (Å²) in [4.78, 5) is 8.34. The highest BCUT2D eigenvalue weighted by Crippen LogP contribution is 2.14. The fraction of sp³-hybridized carbons (Fsp3) is 0.0714. The van der Waals surface area contributed by atoms with Gasteiger partial charge in [0.2, 0.25) is 0 Å². The van der Waals surface area contributed by atoms with Crippen molar-refractivity contribution >= 4 is 0 Å². The van der Waals surface area contributed by atoms with E-state index >= 15 is 0 Å². The lowest BCUT2D eigenvalue weighted by Gasteiger charge is -2.02. The zero-order valence-electron chi connectivity index (χ0n) is 10.2. The molecule has 3 aromatic rings. The first-order valence-corrected chi connectivity index (χ1v) is 5.91. The van der Waals surface area contributed by atoms with E-state index in [1.54, 1.807) is 12.4 Å². The molecule has 0 spiro atoms. The first kappa shape index (κ1) is 11.4. The van der Waals surface area contributed by atoms with Crippen LogP contribution in [0.4, 0.5) is 0 Å². The molecule has 0 aliphatic heterocycles. The van der Waals surface area contributed by atoms with Gasteiger partial charge in [0.25, 0.3) is 0 Å². The predicted octanol–water partition coefficient (Wildman–Crippen LogP) is 2.45. The molecular formula is C14H12N4O. The van der Waals surface area contributed by atoms with Gasteiger partial charge in [0.15, 0.2) is 11.6 Å². The Morgan fingerprint density at radius 2 is 1.79 bits per heavy atom. The first-order chi connectivity index (χ1) is 9.42. The average molecular weight is 252 g/mol. The molecule has 0 aliphatic carbocycles. The van der Waals surface area contributed by atoms with Gasteiger partial charge in [-0.05, 0) is 24.3 Å². The second-order valence-corrected chi connectivity index (χ2v) is 3.94. The van der Waals surface area contributed by atoms with Crippen molar-refractivity contribution in [1.82, 2.24) is 20.2 Å². The minimum absolute atomic E-state index is 0.363. The molecular weight excluding hydrogens is 240 g/mol. The average Bonchev–Trinajstić information content (AvgIpc) is 2.96. The van der Waals surface area contributed by atoms with E-state index < -0.39 is 0 Å². The van der Waals surface area contributed by atoms with Crippen molar-refractivity contribution in [2.75, 3.05) is 0 Å². The molecule has 2 heterocycles. The minimum atomic E-state index is 0.363. The molecule has 0 unspecified atom stereocenters. The number of aromatic amines is 1. The summed E-state index contributed by atoms with van der Waals surface area (Å²) in [5, 5.41) is 7.02. The van der Waals surface area contributed by atoms with Crippen molar-refractivity contribution in [3.8, 4) is 17.1 Å². The topological polar surface area (TPSA) is 63.7 Å². The Kier molecular flexibility index (Phi) is 3.18. The number of aromatic nitrogens is 4. The molecule has 0 fully saturated rings. The molecule has 94 valence electrons. The van der Waals surface area contributed by atoms with Crippen LogP contribution in [0.5, 0.6) is 5.75 Å². The van der Waals surface area contributed by atoms with Crippen molar-refractivity contribution in [3.63, 3.8) is 0 Å². The van der Waals surface area contributed by atoms with Gasteiger partial charge in [-0.2, -0.15) is 5.10 Å². The zero-order valence-corrected chi connectivity index (χ0v) is 10.2. The zero-order chi connectivity index (χ0) is 12.9. The van der Waals surface area contributed by atoms with Crippen LogP contribution in [-0.2, 0) is 6.61 Å². The van der Waals surface area contributed by atoms with E-state index in [1.807, 2.05) is 42.5 Å². The number of benzene rings is 1. The van der Waals surface area contributed by atoms with Gasteiger partial charge in [0.05, 0.1) is 0 Å². The number of nitrogens with one attached hydrogen (secondary N) is 1. The van der Waals surface area contributed by atoms with E-state index in [2.05, 4.69) is 20.2 Å². The van der Waals surface area contributed by atoms with E-state index in [0.29, 0.717) is 18.3 Å². The maximum absolute atomic E-state index is 5.60. The van der Waals surface area contributed by atoms with Crippen LogP contribution in [0.3, 0.4) is 0 Å². The van der Waals surface area contributed by atoms with Gasteiger partial charge in [0.1, 0.15) is 12.4 Å². The highest BCUT2D eigenvalue weighted by molar-refractivity contribution is 5.52. The number of rotatable bonds is 4. The van der Waals surface area contributed by atoms with Crippen LogP contribution in [0.2, 0.25) is 0 Å². The molecule has 19 heavy (non-hydrogen) atoms. The lowest BCUT2D eigenvalue weighted by molar-refractivity contribution is 0.296. The van der Waals surface area contributed by atoms with Gasteiger partial charge in [-0.15, -0.1) is 0 Å². The minimum Gasteiger partial charge on any atom is -0.486 e. The molecule has 2 aromatic heterocycles. The van der Waals surface area contributed by atoms with Crippen LogP contribution in [-0.4, -0.2) is 20.2 Å². The Balaban J connectivity index is 1.69. The second-order valence-electron chi connectivity index (χ2n) is 3.94. The van der Waals surface area contributed by atoms with Crippen LogP contribution in [0.15, 0.2) is 54.9 Å². The largest absolute Gasteiger partial charge is 0.486 e. The van der Waals surface area contributed by atoms with Crippen molar-refractivity contribution < 1.29 is 4.74 Å². The van der Waals surface area contributed by atoms with E-state index in [1.165, 1.54) is 0 Å². The highest BCUT2D eigenvalue weighted by Gasteiger charge is 2.05. The lowest BCUT2D eigenvalue weighted by atomic mass is 10.2. The molecule has 0 radical (unpaired) electrons. The summed E-state index contributed by atoms with van der Waals surface area (Å²) < 4.78 is 5.60. The highest BCUT2D eigenvalue weighted by atomic mass is 16.5. The Bertz CT molecular complexity index is 637. The number of para-hydroxylation sites is 1. The molecule has 1 aromatic carbocycles. The van der Waals surface area contributed by atoms with Gasteiger partial charge >= 0.3 is 0 Å². The monoisotopic (exact) mass is 252 g/mol. The summed E-state index contributed by atoms with van der Waals surface area (Å²) in [7, 11) is 0. The maximum atomic E-state index is 5.60. The predicted molar refractivity (Wildman–Crippen MR) is 70.4 cm³/mol. The number of H-pyrrole nitrogens is 1. The number of hydrogen-bond donors (Lipinski definition) is 1. The van der Waals surface area contributed by atoms with Gasteiger partial charge in [-0.3, -0.25) is 10.1 Å². The van der Waals surface area contributed by atoms with E-state index in [-0.39, 0.29) is 0 Å². The SMILES string of the molecule is c1ccc(OCc2nc(-c3ccncc3)n[nH]2)cc1. The van der Waals surface area contributed by atoms with Gasteiger partial charge in [-0.1, -0.05) is 18.2 Å². The van der Waals surface area contributed by atoms with Crippen LogP contribution in [0.25, 0.3) is 11.4 Å². The summed E-state index contributed by atoms with van der Waals surface area (Å²) in [6, 6.07) is 13.3. The van der Waals surface area contributed by atoms with E-state index in [0.717, 1.165) is 11.3 Å². The second kappa shape index (κ2) is 5.30. The number of ether oxygens (including phenoxy) is 1. The van der Waals surface area contributed by atoms with Crippen molar-refractivity contribution in [3.05, 3.63) is 60.7 Å². The summed E-state index contributed by atoms with van der Waals surface area (Å²) in [6.45, 7) is 0.363. The molecule has 5 heteroatoms. The summed E-state index contributed by atoms with van der Waals surface area (Å²) in [5.41, 5.74) is 0.928. The van der Waals surface area contributed by atoms with E-state index in [4.69, 9.17) is 4.74 Å². The van der Waals surface area contributed by atoms with Gasteiger partial charge in [0, 0.05) is 18.0 Å². The fourth-order valence-corrected chi connectivity index (χ4v) is 1.66. The third-order valence-corrected chi connectivity index (χ3v) is 2.59. The molecule has 0 saturated carbocycles. The Morgan fingerprint density at radius 1 is 1.00 bits per heavy atom.